The molecule has 0 bridgehead atoms. The van der Waals surface area contributed by atoms with Gasteiger partial charge in [0.25, 0.3) is 0 Å². The molecule has 0 aliphatic rings. The van der Waals surface area contributed by atoms with Crippen LogP contribution in [0.5, 0.6) is 0 Å². The molecule has 9 heteroatoms. The molecule has 0 fully saturated rings. The van der Waals surface area contributed by atoms with Gasteiger partial charge in [0.15, 0.2) is 5.16 Å². The minimum absolute atomic E-state index is 0.272. The number of methoxy groups -OCH3 is 1. The van der Waals surface area contributed by atoms with Crippen molar-refractivity contribution in [2.24, 2.45) is 0 Å². The molecule has 0 aliphatic heterocycles. The first-order valence-corrected chi connectivity index (χ1v) is 8.55. The van der Waals surface area contributed by atoms with Crippen LogP contribution in [0.3, 0.4) is 0 Å². The molecule has 1 aromatic heterocycles. The van der Waals surface area contributed by atoms with Crippen molar-refractivity contribution in [1.82, 2.24) is 14.8 Å². The van der Waals surface area contributed by atoms with E-state index in [4.69, 9.17) is 10.00 Å². The zero-order valence-corrected chi connectivity index (χ0v) is 14.8. The Bertz CT molecular complexity index is 824. The second-order valence-corrected chi connectivity index (χ2v) is 6.52. The Morgan fingerprint density at radius 1 is 1.52 bits per heavy atom. The Kier molecular flexibility index (Phi) is 6.80. The summed E-state index contributed by atoms with van der Waals surface area (Å²) in [6.45, 7) is 2.70. The summed E-state index contributed by atoms with van der Waals surface area (Å²) in [5, 5.41) is 18.1. The molecule has 2 rings (SSSR count). The van der Waals surface area contributed by atoms with Gasteiger partial charge in [-0.3, -0.25) is 9.36 Å². The average Bonchev–Trinajstić information content (AvgIpc) is 2.95. The number of aromatic nitrogens is 3. The van der Waals surface area contributed by atoms with Gasteiger partial charge in [0.1, 0.15) is 6.07 Å². The van der Waals surface area contributed by atoms with Crippen molar-refractivity contribution in [2.75, 3.05) is 19.0 Å². The number of carbonyl (C=O) groups excluding carboxylic acids is 1. The normalized spacial score (nSPS) is 11.7. The zero-order chi connectivity index (χ0) is 18.2. The van der Waals surface area contributed by atoms with Crippen LogP contribution in [0.1, 0.15) is 18.9 Å². The summed E-state index contributed by atoms with van der Waals surface area (Å²) in [7, 11) is 1.60. The van der Waals surface area contributed by atoms with Crippen molar-refractivity contribution in [2.45, 2.75) is 30.3 Å². The Morgan fingerprint density at radius 2 is 2.28 bits per heavy atom. The van der Waals surface area contributed by atoms with E-state index < -0.39 is 5.25 Å². The molecule has 0 radical (unpaired) electrons. The third-order valence-corrected chi connectivity index (χ3v) is 4.50. The number of para-hydroxylation sites is 1. The van der Waals surface area contributed by atoms with Crippen molar-refractivity contribution in [3.05, 3.63) is 40.3 Å². The third-order valence-electron chi connectivity index (χ3n) is 3.41. The summed E-state index contributed by atoms with van der Waals surface area (Å²) in [4.78, 5) is 24.2. The van der Waals surface area contributed by atoms with Gasteiger partial charge >= 0.3 is 5.69 Å². The molecule has 1 amide bonds. The lowest BCUT2D eigenvalue weighted by atomic mass is 10.2. The number of ether oxygens (including phenoxy) is 1. The number of nitriles is 1. The summed E-state index contributed by atoms with van der Waals surface area (Å²) in [6.07, 6.45) is 0.666. The quantitative estimate of drug-likeness (QED) is 0.545. The van der Waals surface area contributed by atoms with Crippen LogP contribution in [0.15, 0.2) is 34.2 Å². The molecule has 8 nitrogen and oxygen atoms in total. The molecule has 132 valence electrons. The Labute approximate surface area is 149 Å². The van der Waals surface area contributed by atoms with E-state index in [-0.39, 0.29) is 11.6 Å². The molecule has 0 saturated carbocycles. The minimum Gasteiger partial charge on any atom is -0.385 e. The van der Waals surface area contributed by atoms with E-state index in [0.717, 1.165) is 0 Å². The van der Waals surface area contributed by atoms with E-state index in [1.165, 1.54) is 16.3 Å². The van der Waals surface area contributed by atoms with Crippen LogP contribution in [-0.4, -0.2) is 39.6 Å². The number of benzene rings is 1. The van der Waals surface area contributed by atoms with Gasteiger partial charge in [0.2, 0.25) is 5.91 Å². The maximum Gasteiger partial charge on any atom is 0.343 e. The van der Waals surface area contributed by atoms with Gasteiger partial charge in [0, 0.05) is 20.3 Å². The highest BCUT2D eigenvalue weighted by Gasteiger charge is 2.19. The molecule has 0 aliphatic carbocycles. The van der Waals surface area contributed by atoms with Gasteiger partial charge in [0.05, 0.1) is 16.5 Å². The molecule has 1 aromatic carbocycles. The highest BCUT2D eigenvalue weighted by Crippen LogP contribution is 2.22. The first-order chi connectivity index (χ1) is 12.1. The number of amides is 1. The molecule has 0 saturated heterocycles. The number of aromatic amines is 1. The molecule has 1 atom stereocenters. The van der Waals surface area contributed by atoms with Gasteiger partial charge in [-0.1, -0.05) is 23.9 Å². The number of hydrogen-bond donors (Lipinski definition) is 2. The topological polar surface area (TPSA) is 113 Å². The van der Waals surface area contributed by atoms with E-state index in [1.54, 1.807) is 38.3 Å². The van der Waals surface area contributed by atoms with Crippen molar-refractivity contribution >= 4 is 23.4 Å². The number of nitrogens with one attached hydrogen (secondary N) is 2. The molecule has 1 heterocycles. The lowest BCUT2D eigenvalue weighted by Gasteiger charge is -2.12. The summed E-state index contributed by atoms with van der Waals surface area (Å²) >= 11 is 1.17. The van der Waals surface area contributed by atoms with Crippen LogP contribution in [0.4, 0.5) is 5.69 Å². The minimum atomic E-state index is -0.497. The fraction of sp³-hybridized carbons (Fsp3) is 0.375. The van der Waals surface area contributed by atoms with Gasteiger partial charge in [-0.2, -0.15) is 5.26 Å². The summed E-state index contributed by atoms with van der Waals surface area (Å²) < 4.78 is 6.47. The van der Waals surface area contributed by atoms with Crippen molar-refractivity contribution < 1.29 is 9.53 Å². The van der Waals surface area contributed by atoms with Crippen molar-refractivity contribution in [1.29, 1.82) is 5.26 Å². The van der Waals surface area contributed by atoms with Crippen molar-refractivity contribution in [3.8, 4) is 6.07 Å². The number of carbonyl (C=O) groups is 1. The smallest absolute Gasteiger partial charge is 0.343 e. The second-order valence-electron chi connectivity index (χ2n) is 5.22. The SMILES string of the molecule is COCCCn1c(S[C@@H](C)C(=O)Nc2ccccc2C#N)n[nH]c1=O. The number of nitrogens with zero attached hydrogens (tertiary/aromatic N) is 3. The second kappa shape index (κ2) is 9.05. The largest absolute Gasteiger partial charge is 0.385 e. The van der Waals surface area contributed by atoms with E-state index in [9.17, 15) is 9.59 Å². The summed E-state index contributed by atoms with van der Waals surface area (Å²) in [5.41, 5.74) is 0.535. The maximum absolute atomic E-state index is 12.4. The predicted molar refractivity (Wildman–Crippen MR) is 94.4 cm³/mol. The zero-order valence-electron chi connectivity index (χ0n) is 14.0. The highest BCUT2D eigenvalue weighted by atomic mass is 32.2. The number of H-pyrrole nitrogens is 1. The first kappa shape index (κ1) is 18.8. The fourth-order valence-electron chi connectivity index (χ4n) is 2.09. The van der Waals surface area contributed by atoms with Gasteiger partial charge in [-0.15, -0.1) is 5.10 Å². The first-order valence-electron chi connectivity index (χ1n) is 7.67. The van der Waals surface area contributed by atoms with Crippen LogP contribution in [0.2, 0.25) is 0 Å². The number of hydrogen-bond acceptors (Lipinski definition) is 6. The monoisotopic (exact) mass is 361 g/mol. The van der Waals surface area contributed by atoms with Crippen LogP contribution < -0.4 is 11.0 Å². The Balaban J connectivity index is 2.04. The van der Waals surface area contributed by atoms with Gasteiger partial charge < -0.3 is 10.1 Å². The molecular formula is C16H19N5O3S. The average molecular weight is 361 g/mol. The van der Waals surface area contributed by atoms with Crippen molar-refractivity contribution in [3.63, 3.8) is 0 Å². The maximum atomic E-state index is 12.4. The molecule has 0 unspecified atom stereocenters. The van der Waals surface area contributed by atoms with Crippen LogP contribution in [0, 0.1) is 11.3 Å². The lowest BCUT2D eigenvalue weighted by molar-refractivity contribution is -0.115. The van der Waals surface area contributed by atoms with E-state index in [2.05, 4.69) is 15.5 Å². The fourth-order valence-corrected chi connectivity index (χ4v) is 2.97. The highest BCUT2D eigenvalue weighted by molar-refractivity contribution is 8.00. The molecule has 25 heavy (non-hydrogen) atoms. The lowest BCUT2D eigenvalue weighted by Crippen LogP contribution is -2.24. The summed E-state index contributed by atoms with van der Waals surface area (Å²) in [5.74, 6) is -0.272. The number of thioether (sulfide) groups is 1. The van der Waals surface area contributed by atoms with E-state index in [1.807, 2.05) is 6.07 Å². The van der Waals surface area contributed by atoms with E-state index in [0.29, 0.717) is 36.0 Å². The molecule has 0 spiro atoms. The van der Waals surface area contributed by atoms with Gasteiger partial charge in [-0.05, 0) is 25.5 Å². The van der Waals surface area contributed by atoms with Crippen LogP contribution in [0.25, 0.3) is 0 Å². The van der Waals surface area contributed by atoms with E-state index >= 15 is 0 Å². The van der Waals surface area contributed by atoms with Gasteiger partial charge in [-0.25, -0.2) is 9.89 Å². The number of rotatable bonds is 8. The molecule has 2 aromatic rings. The molecule has 2 N–H and O–H groups in total. The van der Waals surface area contributed by atoms with Crippen LogP contribution in [-0.2, 0) is 16.1 Å². The third kappa shape index (κ3) is 4.95. The number of anilines is 1. The Hall–Kier alpha value is -2.57. The Morgan fingerprint density at radius 3 is 3.00 bits per heavy atom. The predicted octanol–water partition coefficient (Wildman–Crippen LogP) is 1.60. The molecular weight excluding hydrogens is 342 g/mol. The summed E-state index contributed by atoms with van der Waals surface area (Å²) in [6, 6.07) is 8.81. The van der Waals surface area contributed by atoms with Crippen LogP contribution >= 0.6 is 11.8 Å². The standard InChI is InChI=1S/C16H19N5O3S/c1-11(14(22)18-13-7-4-3-6-12(13)10-17)25-16-20-19-15(23)21(16)8-5-9-24-2/h3-4,6-7,11H,5,8-9H2,1-2H3,(H,18,22)(H,19,23)/t11-/m0/s1.